The van der Waals surface area contributed by atoms with Gasteiger partial charge in [-0.15, -0.1) is 0 Å². The van der Waals surface area contributed by atoms with Crippen LogP contribution in [0.5, 0.6) is 28.7 Å². The molecule has 1 fully saturated rings. The molecule has 0 bridgehead atoms. The molecular weight excluding hydrogens is 502 g/mol. The maximum Gasteiger partial charge on any atom is 0.300 e. The van der Waals surface area contributed by atoms with E-state index in [1.807, 2.05) is 13.8 Å². The van der Waals surface area contributed by atoms with Crippen LogP contribution in [0.2, 0.25) is 0 Å². The number of hydrogen-bond donors (Lipinski definition) is 1. The van der Waals surface area contributed by atoms with E-state index in [1.54, 1.807) is 60.7 Å². The average molecular weight is 532 g/mol. The highest BCUT2D eigenvalue weighted by Crippen LogP contribution is 2.46. The topological polar surface area (TPSA) is 104 Å². The van der Waals surface area contributed by atoms with E-state index in [9.17, 15) is 14.7 Å². The van der Waals surface area contributed by atoms with Gasteiger partial charge in [-0.3, -0.25) is 14.5 Å². The molecule has 2 aliphatic heterocycles. The molecule has 9 nitrogen and oxygen atoms in total. The Bertz CT molecular complexity index is 1440. The normalized spacial score (nSPS) is 17.6. The SMILES string of the molecule is COc1ccc(C2/C(=C(\O)c3ccc(OCC(C)C)cc3)C(=O)C(=O)N2c2ccc3c(c2)OCO3)cc1OC. The number of benzene rings is 3. The van der Waals surface area contributed by atoms with Crippen LogP contribution < -0.4 is 28.6 Å². The number of aliphatic hydroxyl groups is 1. The van der Waals surface area contributed by atoms with E-state index in [-0.39, 0.29) is 18.1 Å². The number of fused-ring (bicyclic) bond motifs is 1. The van der Waals surface area contributed by atoms with Crippen LogP contribution in [0.25, 0.3) is 5.76 Å². The number of hydrogen-bond acceptors (Lipinski definition) is 8. The van der Waals surface area contributed by atoms with Crippen LogP contribution in [0, 0.1) is 5.92 Å². The molecule has 9 heteroatoms. The van der Waals surface area contributed by atoms with Gasteiger partial charge in [0.1, 0.15) is 11.5 Å². The zero-order valence-electron chi connectivity index (χ0n) is 22.1. The molecule has 39 heavy (non-hydrogen) atoms. The Morgan fingerprint density at radius 1 is 0.949 bits per heavy atom. The number of nitrogens with zero attached hydrogens (tertiary/aromatic N) is 1. The van der Waals surface area contributed by atoms with Crippen molar-refractivity contribution in [1.29, 1.82) is 0 Å². The molecule has 1 amide bonds. The minimum atomic E-state index is -0.956. The molecule has 1 N–H and O–H groups in total. The smallest absolute Gasteiger partial charge is 0.300 e. The van der Waals surface area contributed by atoms with Gasteiger partial charge in [0, 0.05) is 17.3 Å². The molecule has 0 saturated carbocycles. The Morgan fingerprint density at radius 3 is 2.36 bits per heavy atom. The van der Waals surface area contributed by atoms with Gasteiger partial charge in [0.2, 0.25) is 6.79 Å². The molecule has 202 valence electrons. The quantitative estimate of drug-likeness (QED) is 0.244. The van der Waals surface area contributed by atoms with Gasteiger partial charge in [-0.25, -0.2) is 0 Å². The molecule has 0 aromatic heterocycles. The fraction of sp³-hybridized carbons (Fsp3) is 0.267. The lowest BCUT2D eigenvalue weighted by Crippen LogP contribution is -2.29. The molecule has 1 unspecified atom stereocenters. The summed E-state index contributed by atoms with van der Waals surface area (Å²) in [6, 6.07) is 15.9. The second kappa shape index (κ2) is 10.6. The average Bonchev–Trinajstić information content (AvgIpc) is 3.53. The molecule has 0 spiro atoms. The highest BCUT2D eigenvalue weighted by atomic mass is 16.7. The minimum absolute atomic E-state index is 0.0549. The van der Waals surface area contributed by atoms with Crippen LogP contribution in [0.15, 0.2) is 66.2 Å². The van der Waals surface area contributed by atoms with E-state index >= 15 is 0 Å². The molecular formula is C30H29NO8. The van der Waals surface area contributed by atoms with E-state index in [0.717, 1.165) is 0 Å². The van der Waals surface area contributed by atoms with Crippen molar-refractivity contribution in [1.82, 2.24) is 0 Å². The lowest BCUT2D eigenvalue weighted by molar-refractivity contribution is -0.132. The van der Waals surface area contributed by atoms with Gasteiger partial charge in [-0.2, -0.15) is 0 Å². The van der Waals surface area contributed by atoms with E-state index in [4.69, 9.17) is 23.7 Å². The molecule has 2 aliphatic rings. The van der Waals surface area contributed by atoms with Crippen molar-refractivity contribution in [2.45, 2.75) is 19.9 Å². The van der Waals surface area contributed by atoms with Crippen LogP contribution in [-0.2, 0) is 9.59 Å². The summed E-state index contributed by atoms with van der Waals surface area (Å²) < 4.78 is 27.5. The number of ether oxygens (including phenoxy) is 5. The Balaban J connectivity index is 1.63. The Morgan fingerprint density at radius 2 is 1.67 bits per heavy atom. The zero-order chi connectivity index (χ0) is 27.7. The summed E-state index contributed by atoms with van der Waals surface area (Å²) in [5.41, 5.74) is 1.28. The summed E-state index contributed by atoms with van der Waals surface area (Å²) in [5, 5.41) is 11.4. The summed E-state index contributed by atoms with van der Waals surface area (Å²) in [6.07, 6.45) is 0. The summed E-state index contributed by atoms with van der Waals surface area (Å²) in [6.45, 7) is 4.71. The summed E-state index contributed by atoms with van der Waals surface area (Å²) in [4.78, 5) is 28.3. The van der Waals surface area contributed by atoms with Crippen molar-refractivity contribution < 1.29 is 38.4 Å². The number of carbonyl (C=O) groups excluding carboxylic acids is 2. The summed E-state index contributed by atoms with van der Waals surface area (Å²) in [5.74, 6) is 0.986. The fourth-order valence-corrected chi connectivity index (χ4v) is 4.60. The van der Waals surface area contributed by atoms with Gasteiger partial charge >= 0.3 is 0 Å². The number of aliphatic hydroxyl groups excluding tert-OH is 1. The molecule has 1 atom stereocenters. The van der Waals surface area contributed by atoms with Crippen molar-refractivity contribution in [3.63, 3.8) is 0 Å². The fourth-order valence-electron chi connectivity index (χ4n) is 4.60. The van der Waals surface area contributed by atoms with Crippen molar-refractivity contribution >= 4 is 23.1 Å². The standard InChI is InChI=1S/C30H29NO8/c1-17(2)15-37-21-9-5-18(6-10-21)28(32)26-27(19-7-11-22(35-3)24(13-19)36-4)31(30(34)29(26)33)20-8-12-23-25(14-20)39-16-38-23/h5-14,17,27,32H,15-16H2,1-4H3/b28-26+. The first-order chi connectivity index (χ1) is 18.8. The number of amides is 1. The zero-order valence-corrected chi connectivity index (χ0v) is 22.1. The third-order valence-electron chi connectivity index (χ3n) is 6.51. The highest BCUT2D eigenvalue weighted by molar-refractivity contribution is 6.51. The molecule has 1 saturated heterocycles. The van der Waals surface area contributed by atoms with Crippen LogP contribution >= 0.6 is 0 Å². The van der Waals surface area contributed by atoms with Gasteiger partial charge in [0.15, 0.2) is 23.0 Å². The number of methoxy groups -OCH3 is 2. The largest absolute Gasteiger partial charge is 0.507 e. The van der Waals surface area contributed by atoms with Gasteiger partial charge in [-0.1, -0.05) is 19.9 Å². The Kier molecular flexibility index (Phi) is 7.06. The lowest BCUT2D eigenvalue weighted by Gasteiger charge is -2.26. The van der Waals surface area contributed by atoms with Crippen LogP contribution in [0.4, 0.5) is 5.69 Å². The Labute approximate surface area is 226 Å². The number of carbonyl (C=O) groups is 2. The van der Waals surface area contributed by atoms with E-state index in [0.29, 0.717) is 58.1 Å². The van der Waals surface area contributed by atoms with Gasteiger partial charge in [0.05, 0.1) is 32.4 Å². The van der Waals surface area contributed by atoms with Gasteiger partial charge in [0.25, 0.3) is 11.7 Å². The highest BCUT2D eigenvalue weighted by Gasteiger charge is 2.47. The third-order valence-corrected chi connectivity index (χ3v) is 6.51. The van der Waals surface area contributed by atoms with E-state index in [1.165, 1.54) is 19.1 Å². The predicted octanol–water partition coefficient (Wildman–Crippen LogP) is 5.09. The first-order valence-corrected chi connectivity index (χ1v) is 12.5. The van der Waals surface area contributed by atoms with Crippen molar-refractivity contribution in [2.75, 3.05) is 32.5 Å². The second-order valence-electron chi connectivity index (χ2n) is 9.55. The maximum absolute atomic E-state index is 13.5. The number of Topliss-reactive ketones (excluding diaryl/α,β-unsaturated/α-hetero) is 1. The van der Waals surface area contributed by atoms with Crippen LogP contribution in [0.1, 0.15) is 31.0 Å². The van der Waals surface area contributed by atoms with Crippen molar-refractivity contribution in [3.05, 3.63) is 77.4 Å². The molecule has 2 heterocycles. The number of anilines is 1. The molecule has 3 aromatic carbocycles. The van der Waals surface area contributed by atoms with Crippen molar-refractivity contribution in [2.24, 2.45) is 5.92 Å². The summed E-state index contributed by atoms with van der Waals surface area (Å²) >= 11 is 0. The molecule has 0 aliphatic carbocycles. The monoisotopic (exact) mass is 531 g/mol. The Hall–Kier alpha value is -4.66. The van der Waals surface area contributed by atoms with Gasteiger partial charge in [-0.05, 0) is 60.0 Å². The van der Waals surface area contributed by atoms with E-state index < -0.39 is 17.7 Å². The minimum Gasteiger partial charge on any atom is -0.507 e. The first kappa shape index (κ1) is 26.0. The van der Waals surface area contributed by atoms with Crippen LogP contribution in [-0.4, -0.2) is 44.4 Å². The van der Waals surface area contributed by atoms with E-state index in [2.05, 4.69) is 0 Å². The predicted molar refractivity (Wildman–Crippen MR) is 144 cm³/mol. The lowest BCUT2D eigenvalue weighted by atomic mass is 9.94. The van der Waals surface area contributed by atoms with Gasteiger partial charge < -0.3 is 28.8 Å². The molecule has 3 aromatic rings. The third kappa shape index (κ3) is 4.83. The van der Waals surface area contributed by atoms with Crippen LogP contribution in [0.3, 0.4) is 0 Å². The summed E-state index contributed by atoms with van der Waals surface area (Å²) in [7, 11) is 3.02. The maximum atomic E-state index is 13.5. The number of ketones is 1. The second-order valence-corrected chi connectivity index (χ2v) is 9.55. The first-order valence-electron chi connectivity index (χ1n) is 12.5. The number of rotatable bonds is 8. The molecule has 5 rings (SSSR count). The van der Waals surface area contributed by atoms with Crippen molar-refractivity contribution in [3.8, 4) is 28.7 Å². The molecule has 0 radical (unpaired) electrons.